The number of piperazine rings is 1. The number of aliphatic hydroxyl groups excluding tert-OH is 1. The predicted octanol–water partition coefficient (Wildman–Crippen LogP) is 0.969. The van der Waals surface area contributed by atoms with Crippen LogP contribution in [0.2, 0.25) is 0 Å². The van der Waals surface area contributed by atoms with Crippen molar-refractivity contribution in [2.45, 2.75) is 57.7 Å². The summed E-state index contributed by atoms with van der Waals surface area (Å²) in [4.78, 5) is 4.90. The summed E-state index contributed by atoms with van der Waals surface area (Å²) >= 11 is 0. The molecule has 1 aliphatic carbocycles. The molecule has 1 saturated carbocycles. The van der Waals surface area contributed by atoms with Gasteiger partial charge in [0.15, 0.2) is 0 Å². The van der Waals surface area contributed by atoms with Crippen molar-refractivity contribution >= 4 is 0 Å². The van der Waals surface area contributed by atoms with Crippen LogP contribution in [0.1, 0.15) is 50.7 Å². The molecule has 6 nitrogen and oxygen atoms in total. The first-order valence-corrected chi connectivity index (χ1v) is 8.61. The monoisotopic (exact) mass is 307 g/mol. The van der Waals surface area contributed by atoms with Crippen molar-refractivity contribution < 1.29 is 5.11 Å². The van der Waals surface area contributed by atoms with Gasteiger partial charge in [0.25, 0.3) is 0 Å². The molecule has 1 aromatic rings. The van der Waals surface area contributed by atoms with E-state index in [2.05, 4.69) is 38.5 Å². The highest BCUT2D eigenvalue weighted by atomic mass is 16.3. The fourth-order valence-corrected chi connectivity index (χ4v) is 3.48. The number of rotatable bonds is 6. The molecule has 0 amide bonds. The number of aromatic nitrogens is 3. The molecule has 2 aliphatic rings. The number of hydrogen-bond donors (Lipinski definition) is 1. The number of aliphatic hydroxyl groups is 1. The van der Waals surface area contributed by atoms with Crippen LogP contribution in [-0.2, 0) is 13.6 Å². The average Bonchev–Trinajstić information content (AvgIpc) is 3.26. The van der Waals surface area contributed by atoms with Gasteiger partial charge >= 0.3 is 0 Å². The highest BCUT2D eigenvalue weighted by Crippen LogP contribution is 2.38. The molecular formula is C16H29N5O. The Labute approximate surface area is 133 Å². The minimum absolute atomic E-state index is 0.250. The predicted molar refractivity (Wildman–Crippen MR) is 85.6 cm³/mol. The number of β-amino-alcohol motifs (C(OH)–C–C–N with tert-alkyl or cyclic N) is 1. The molecule has 0 unspecified atom stereocenters. The van der Waals surface area contributed by atoms with Gasteiger partial charge in [-0.05, 0) is 26.2 Å². The second kappa shape index (κ2) is 6.64. The summed E-state index contributed by atoms with van der Waals surface area (Å²) in [6.45, 7) is 8.88. The van der Waals surface area contributed by atoms with Crippen molar-refractivity contribution in [3.05, 3.63) is 11.6 Å². The molecule has 2 heterocycles. The van der Waals surface area contributed by atoms with E-state index in [1.54, 1.807) is 0 Å². The lowest BCUT2D eigenvalue weighted by Gasteiger charge is -2.41. The zero-order valence-corrected chi connectivity index (χ0v) is 14.1. The molecule has 1 N–H and O–H groups in total. The number of nitrogens with zero attached hydrogens (tertiary/aromatic N) is 5. The Morgan fingerprint density at radius 2 is 2.05 bits per heavy atom. The third kappa shape index (κ3) is 3.50. The lowest BCUT2D eigenvalue weighted by Crippen LogP contribution is -2.54. The van der Waals surface area contributed by atoms with E-state index < -0.39 is 0 Å². The topological polar surface area (TPSA) is 57.4 Å². The van der Waals surface area contributed by atoms with E-state index in [0.717, 1.165) is 50.8 Å². The molecule has 0 radical (unpaired) electrons. The van der Waals surface area contributed by atoms with Crippen LogP contribution in [0, 0.1) is 0 Å². The standard InChI is InChI=1S/C16H29N5O/c1-4-14-10-20(7-8-21(14)9-12(2)22)11-15-17-18-16(19(15)3)13-5-6-13/h12-14,22H,4-11H2,1-3H3/t12-,14-/m0/s1. The van der Waals surface area contributed by atoms with Gasteiger partial charge in [0.2, 0.25) is 0 Å². The summed E-state index contributed by atoms with van der Waals surface area (Å²) in [6.07, 6.45) is 3.40. The molecule has 0 bridgehead atoms. The highest BCUT2D eigenvalue weighted by Gasteiger charge is 2.31. The van der Waals surface area contributed by atoms with Gasteiger partial charge in [-0.25, -0.2) is 0 Å². The van der Waals surface area contributed by atoms with Crippen LogP contribution in [0.25, 0.3) is 0 Å². The van der Waals surface area contributed by atoms with Crippen molar-refractivity contribution in [1.29, 1.82) is 0 Å². The molecule has 1 saturated heterocycles. The molecule has 2 fully saturated rings. The van der Waals surface area contributed by atoms with Crippen LogP contribution in [0.4, 0.5) is 0 Å². The first-order chi connectivity index (χ1) is 10.6. The van der Waals surface area contributed by atoms with Gasteiger partial charge in [-0.1, -0.05) is 6.92 Å². The normalized spacial score (nSPS) is 25.5. The van der Waals surface area contributed by atoms with Gasteiger partial charge < -0.3 is 9.67 Å². The summed E-state index contributed by atoms with van der Waals surface area (Å²) in [7, 11) is 2.10. The molecule has 0 aromatic carbocycles. The summed E-state index contributed by atoms with van der Waals surface area (Å²) in [5, 5.41) is 18.4. The smallest absolute Gasteiger partial charge is 0.146 e. The molecule has 1 aliphatic heterocycles. The highest BCUT2D eigenvalue weighted by molar-refractivity contribution is 5.07. The molecule has 3 rings (SSSR count). The van der Waals surface area contributed by atoms with Gasteiger partial charge in [0.1, 0.15) is 11.6 Å². The Hall–Kier alpha value is -0.980. The Morgan fingerprint density at radius 3 is 2.68 bits per heavy atom. The van der Waals surface area contributed by atoms with Gasteiger partial charge in [-0.15, -0.1) is 10.2 Å². The van der Waals surface area contributed by atoms with Crippen LogP contribution in [0.15, 0.2) is 0 Å². The van der Waals surface area contributed by atoms with Crippen LogP contribution in [0.3, 0.4) is 0 Å². The molecule has 22 heavy (non-hydrogen) atoms. The molecule has 2 atom stereocenters. The van der Waals surface area contributed by atoms with Crippen molar-refractivity contribution in [2.24, 2.45) is 7.05 Å². The van der Waals surface area contributed by atoms with E-state index in [1.807, 2.05) is 6.92 Å². The summed E-state index contributed by atoms with van der Waals surface area (Å²) < 4.78 is 2.20. The minimum Gasteiger partial charge on any atom is -0.392 e. The van der Waals surface area contributed by atoms with Crippen molar-refractivity contribution in [3.63, 3.8) is 0 Å². The molecule has 1 aromatic heterocycles. The Morgan fingerprint density at radius 1 is 1.27 bits per heavy atom. The lowest BCUT2D eigenvalue weighted by molar-refractivity contribution is 0.0325. The van der Waals surface area contributed by atoms with E-state index in [9.17, 15) is 5.11 Å². The number of hydrogen-bond acceptors (Lipinski definition) is 5. The van der Waals surface area contributed by atoms with Crippen LogP contribution in [0.5, 0.6) is 0 Å². The Bertz CT molecular complexity index is 497. The van der Waals surface area contributed by atoms with Crippen molar-refractivity contribution in [1.82, 2.24) is 24.6 Å². The quantitative estimate of drug-likeness (QED) is 0.849. The summed E-state index contributed by atoms with van der Waals surface area (Å²) in [5.74, 6) is 2.90. The SMILES string of the molecule is CC[C@H]1CN(Cc2nnc(C3CC3)n2C)CCN1C[C@H](C)O. The zero-order chi connectivity index (χ0) is 15.7. The molecular weight excluding hydrogens is 278 g/mol. The summed E-state index contributed by atoms with van der Waals surface area (Å²) in [6, 6.07) is 0.527. The minimum atomic E-state index is -0.250. The molecule has 6 heteroatoms. The lowest BCUT2D eigenvalue weighted by atomic mass is 10.1. The van der Waals surface area contributed by atoms with E-state index in [1.165, 1.54) is 12.8 Å². The van der Waals surface area contributed by atoms with Gasteiger partial charge in [-0.2, -0.15) is 0 Å². The largest absolute Gasteiger partial charge is 0.392 e. The Balaban J connectivity index is 1.59. The van der Waals surface area contributed by atoms with Crippen molar-refractivity contribution in [2.75, 3.05) is 26.2 Å². The van der Waals surface area contributed by atoms with Gasteiger partial charge in [0, 0.05) is 45.2 Å². The van der Waals surface area contributed by atoms with E-state index in [-0.39, 0.29) is 6.10 Å². The average molecular weight is 307 g/mol. The van der Waals surface area contributed by atoms with E-state index in [4.69, 9.17) is 0 Å². The maximum atomic E-state index is 9.64. The second-order valence-electron chi connectivity index (χ2n) is 6.95. The van der Waals surface area contributed by atoms with Crippen LogP contribution in [-0.4, -0.2) is 68.0 Å². The van der Waals surface area contributed by atoms with E-state index in [0.29, 0.717) is 12.0 Å². The molecule has 124 valence electrons. The fraction of sp³-hybridized carbons (Fsp3) is 0.875. The van der Waals surface area contributed by atoms with Crippen molar-refractivity contribution in [3.8, 4) is 0 Å². The van der Waals surface area contributed by atoms with E-state index >= 15 is 0 Å². The summed E-state index contributed by atoms with van der Waals surface area (Å²) in [5.41, 5.74) is 0. The zero-order valence-electron chi connectivity index (χ0n) is 14.1. The maximum absolute atomic E-state index is 9.64. The third-order valence-corrected chi connectivity index (χ3v) is 4.97. The van der Waals surface area contributed by atoms with Crippen LogP contribution < -0.4 is 0 Å². The fourth-order valence-electron chi connectivity index (χ4n) is 3.48. The molecule has 0 spiro atoms. The van der Waals surface area contributed by atoms with Gasteiger partial charge in [0.05, 0.1) is 12.6 Å². The maximum Gasteiger partial charge on any atom is 0.146 e. The first kappa shape index (κ1) is 15.9. The Kier molecular flexibility index (Phi) is 4.80. The third-order valence-electron chi connectivity index (χ3n) is 4.97. The first-order valence-electron chi connectivity index (χ1n) is 8.61. The van der Waals surface area contributed by atoms with Crippen LogP contribution >= 0.6 is 0 Å². The van der Waals surface area contributed by atoms with Gasteiger partial charge in [-0.3, -0.25) is 9.80 Å². The second-order valence-corrected chi connectivity index (χ2v) is 6.95.